The first-order valence-electron chi connectivity index (χ1n) is 10.4. The van der Waals surface area contributed by atoms with Crippen LogP contribution in [0.4, 0.5) is 5.69 Å². The molecule has 0 saturated carbocycles. The molecule has 0 unspecified atom stereocenters. The Balaban J connectivity index is 1.51. The molecule has 34 heavy (non-hydrogen) atoms. The first-order chi connectivity index (χ1) is 16.4. The van der Waals surface area contributed by atoms with Gasteiger partial charge in [-0.2, -0.15) is 0 Å². The van der Waals surface area contributed by atoms with Gasteiger partial charge in [-0.1, -0.05) is 30.3 Å². The number of thiocarbonyl (C=S) groups is 1. The Bertz CT molecular complexity index is 1200. The van der Waals surface area contributed by atoms with Gasteiger partial charge in [0.25, 0.3) is 5.91 Å². The fraction of sp³-hybridized carbons (Fsp3) is 0.167. The van der Waals surface area contributed by atoms with Gasteiger partial charge < -0.3 is 14.8 Å². The van der Waals surface area contributed by atoms with Gasteiger partial charge in [0.1, 0.15) is 12.4 Å². The van der Waals surface area contributed by atoms with Gasteiger partial charge in [-0.05, 0) is 66.3 Å². The number of benzene rings is 3. The molecule has 10 heteroatoms. The lowest BCUT2D eigenvalue weighted by molar-refractivity contribution is 0.0977. The number of anilines is 1. The number of sulfonamides is 1. The molecule has 0 atom stereocenters. The molecule has 0 bridgehead atoms. The highest BCUT2D eigenvalue weighted by Crippen LogP contribution is 2.15. The summed E-state index contributed by atoms with van der Waals surface area (Å²) in [6.07, 6.45) is 0. The summed E-state index contributed by atoms with van der Waals surface area (Å²) in [4.78, 5) is 12.5. The third kappa shape index (κ3) is 7.63. The van der Waals surface area contributed by atoms with Crippen molar-refractivity contribution in [3.8, 4) is 5.75 Å². The Morgan fingerprint density at radius 3 is 2.24 bits per heavy atom. The Morgan fingerprint density at radius 1 is 0.912 bits per heavy atom. The highest BCUT2D eigenvalue weighted by molar-refractivity contribution is 7.89. The SMILES string of the molecule is COCCOc1ccc(C(=O)NC(=S)Nc2ccc(S(=O)(=O)NCc3ccccc3)cc2)cc1. The molecule has 0 aliphatic rings. The number of rotatable bonds is 10. The standard InChI is InChI=1S/C24H25N3O5S2/c1-31-15-16-32-21-11-7-19(8-12-21)23(28)27-24(33)26-20-9-13-22(14-10-20)34(29,30)25-17-18-5-3-2-4-6-18/h2-14,25H,15-17H2,1H3,(H2,26,27,28,33). The number of carbonyl (C=O) groups excluding carboxylic acids is 1. The highest BCUT2D eigenvalue weighted by Gasteiger charge is 2.14. The van der Waals surface area contributed by atoms with Crippen LogP contribution in [0.25, 0.3) is 0 Å². The van der Waals surface area contributed by atoms with Crippen molar-refractivity contribution in [1.82, 2.24) is 10.0 Å². The van der Waals surface area contributed by atoms with Crippen molar-refractivity contribution in [3.63, 3.8) is 0 Å². The molecule has 178 valence electrons. The summed E-state index contributed by atoms with van der Waals surface area (Å²) in [6.45, 7) is 1.08. The Morgan fingerprint density at radius 2 is 1.59 bits per heavy atom. The van der Waals surface area contributed by atoms with Crippen LogP contribution in [0.2, 0.25) is 0 Å². The molecular formula is C24H25N3O5S2. The minimum atomic E-state index is -3.67. The number of hydrogen-bond acceptors (Lipinski definition) is 6. The zero-order valence-electron chi connectivity index (χ0n) is 18.5. The van der Waals surface area contributed by atoms with Crippen molar-refractivity contribution in [3.05, 3.63) is 90.0 Å². The van der Waals surface area contributed by atoms with Crippen molar-refractivity contribution in [2.24, 2.45) is 0 Å². The van der Waals surface area contributed by atoms with E-state index >= 15 is 0 Å². The van der Waals surface area contributed by atoms with Gasteiger partial charge >= 0.3 is 0 Å². The monoisotopic (exact) mass is 499 g/mol. The molecule has 0 saturated heterocycles. The second-order valence-electron chi connectivity index (χ2n) is 7.11. The zero-order chi connectivity index (χ0) is 24.4. The molecule has 0 aromatic heterocycles. The van der Waals surface area contributed by atoms with Crippen LogP contribution >= 0.6 is 12.2 Å². The molecule has 0 heterocycles. The number of methoxy groups -OCH3 is 1. The molecule has 0 aliphatic carbocycles. The Hall–Kier alpha value is -3.31. The van der Waals surface area contributed by atoms with E-state index in [1.54, 1.807) is 43.5 Å². The third-order valence-electron chi connectivity index (χ3n) is 4.63. The van der Waals surface area contributed by atoms with E-state index in [-0.39, 0.29) is 22.5 Å². The van der Waals surface area contributed by atoms with Crippen molar-refractivity contribution < 1.29 is 22.7 Å². The van der Waals surface area contributed by atoms with Crippen LogP contribution in [0.15, 0.2) is 83.8 Å². The van der Waals surface area contributed by atoms with E-state index in [9.17, 15) is 13.2 Å². The van der Waals surface area contributed by atoms with Gasteiger partial charge in [-0.15, -0.1) is 0 Å². The van der Waals surface area contributed by atoms with Gasteiger partial charge in [0.2, 0.25) is 10.0 Å². The summed E-state index contributed by atoms with van der Waals surface area (Å²) >= 11 is 5.20. The Labute approximate surface area is 204 Å². The molecule has 0 aliphatic heterocycles. The lowest BCUT2D eigenvalue weighted by atomic mass is 10.2. The fourth-order valence-corrected chi connectivity index (χ4v) is 4.09. The summed E-state index contributed by atoms with van der Waals surface area (Å²) in [5.41, 5.74) is 1.81. The van der Waals surface area contributed by atoms with Crippen LogP contribution < -0.4 is 20.1 Å². The average molecular weight is 500 g/mol. The maximum Gasteiger partial charge on any atom is 0.257 e. The molecule has 8 nitrogen and oxygen atoms in total. The van der Waals surface area contributed by atoms with Crippen LogP contribution in [-0.4, -0.2) is 39.8 Å². The minimum Gasteiger partial charge on any atom is -0.491 e. The van der Waals surface area contributed by atoms with Crippen molar-refractivity contribution in [1.29, 1.82) is 0 Å². The van der Waals surface area contributed by atoms with E-state index in [2.05, 4.69) is 15.4 Å². The predicted octanol–water partition coefficient (Wildman–Crippen LogP) is 3.32. The second-order valence-corrected chi connectivity index (χ2v) is 9.28. The van der Waals surface area contributed by atoms with Gasteiger partial charge in [-0.25, -0.2) is 13.1 Å². The molecule has 3 aromatic carbocycles. The quantitative estimate of drug-likeness (QED) is 0.290. The number of hydrogen-bond donors (Lipinski definition) is 3. The van der Waals surface area contributed by atoms with Crippen LogP contribution in [0, 0.1) is 0 Å². The summed E-state index contributed by atoms with van der Waals surface area (Å²) < 4.78 is 38.0. The molecule has 3 aromatic rings. The van der Waals surface area contributed by atoms with Crippen molar-refractivity contribution >= 4 is 38.9 Å². The van der Waals surface area contributed by atoms with Gasteiger partial charge in [0, 0.05) is 24.9 Å². The summed E-state index contributed by atoms with van der Waals surface area (Å²) in [7, 11) is -2.08. The maximum atomic E-state index is 12.5. The number of amides is 1. The highest BCUT2D eigenvalue weighted by atomic mass is 32.2. The third-order valence-corrected chi connectivity index (χ3v) is 6.25. The van der Waals surface area contributed by atoms with E-state index in [0.717, 1.165) is 5.56 Å². The maximum absolute atomic E-state index is 12.5. The lowest BCUT2D eigenvalue weighted by Gasteiger charge is -2.11. The van der Waals surface area contributed by atoms with Crippen LogP contribution in [0.5, 0.6) is 5.75 Å². The van der Waals surface area contributed by atoms with E-state index in [4.69, 9.17) is 21.7 Å². The zero-order valence-corrected chi connectivity index (χ0v) is 20.1. The summed E-state index contributed by atoms with van der Waals surface area (Å²) in [5.74, 6) is 0.243. The van der Waals surface area contributed by atoms with Gasteiger partial charge in [0.05, 0.1) is 11.5 Å². The molecule has 3 rings (SSSR count). The number of nitrogens with one attached hydrogen (secondary N) is 3. The molecule has 1 amide bonds. The second kappa shape index (κ2) is 12.2. The average Bonchev–Trinajstić information content (AvgIpc) is 2.84. The van der Waals surface area contributed by atoms with Crippen molar-refractivity contribution in [2.75, 3.05) is 25.6 Å². The minimum absolute atomic E-state index is 0.0863. The molecule has 3 N–H and O–H groups in total. The topological polar surface area (TPSA) is 106 Å². The van der Waals surface area contributed by atoms with Crippen LogP contribution in [-0.2, 0) is 21.3 Å². The summed E-state index contributed by atoms with van der Waals surface area (Å²) in [5, 5.41) is 5.55. The summed E-state index contributed by atoms with van der Waals surface area (Å²) in [6, 6.07) is 21.9. The van der Waals surface area contributed by atoms with Gasteiger partial charge in [0.15, 0.2) is 5.11 Å². The van der Waals surface area contributed by atoms with E-state index < -0.39 is 10.0 Å². The van der Waals surface area contributed by atoms with E-state index in [1.165, 1.54) is 12.1 Å². The number of carbonyl (C=O) groups is 1. The van der Waals surface area contributed by atoms with Gasteiger partial charge in [-0.3, -0.25) is 10.1 Å². The number of ether oxygens (including phenoxy) is 2. The largest absolute Gasteiger partial charge is 0.491 e. The first kappa shape index (κ1) is 25.3. The predicted molar refractivity (Wildman–Crippen MR) is 134 cm³/mol. The fourth-order valence-electron chi connectivity index (χ4n) is 2.86. The van der Waals surface area contributed by atoms with E-state index in [0.29, 0.717) is 30.2 Å². The molecule has 0 spiro atoms. The normalized spacial score (nSPS) is 11.0. The van der Waals surface area contributed by atoms with E-state index in [1.807, 2.05) is 30.3 Å². The first-order valence-corrected chi connectivity index (χ1v) is 12.2. The van der Waals surface area contributed by atoms with Crippen molar-refractivity contribution in [2.45, 2.75) is 11.4 Å². The molecular weight excluding hydrogens is 474 g/mol. The van der Waals surface area contributed by atoms with Crippen LogP contribution in [0.3, 0.4) is 0 Å². The molecule has 0 fully saturated rings. The lowest BCUT2D eigenvalue weighted by Crippen LogP contribution is -2.34. The smallest absolute Gasteiger partial charge is 0.257 e. The molecule has 0 radical (unpaired) electrons. The Kier molecular flexibility index (Phi) is 9.11. The van der Waals surface area contributed by atoms with Crippen LogP contribution in [0.1, 0.15) is 15.9 Å².